The van der Waals surface area contributed by atoms with Gasteiger partial charge in [0.05, 0.1) is 40.7 Å². The van der Waals surface area contributed by atoms with Gasteiger partial charge in [0.2, 0.25) is 5.75 Å². The number of fused-ring (bicyclic) bond motifs is 1. The normalized spacial score (nSPS) is 10.7. The Morgan fingerprint density at radius 1 is 0.941 bits per heavy atom. The van der Waals surface area contributed by atoms with Crippen molar-refractivity contribution >= 4 is 28.8 Å². The van der Waals surface area contributed by atoms with Crippen molar-refractivity contribution in [3.63, 3.8) is 0 Å². The number of amides is 2. The molecule has 0 saturated carbocycles. The van der Waals surface area contributed by atoms with E-state index in [1.165, 1.54) is 39.7 Å². The first-order chi connectivity index (χ1) is 16.5. The minimum absolute atomic E-state index is 0.253. The minimum atomic E-state index is -0.491. The zero-order valence-electron chi connectivity index (χ0n) is 19.5. The standard InChI is InChI=1S/C25H27N3O6/c1-5-34-20-11-10-16-8-6-7-9-18(16)19(20)14-27-28-23(29)15-26-25(30)17-12-21(31-2)24(33-4)22(13-17)32-3/h6-14H,5,15H2,1-4H3,(H,26,30)(H,28,29). The molecule has 0 aliphatic carbocycles. The molecular weight excluding hydrogens is 438 g/mol. The van der Waals surface area contributed by atoms with Crippen LogP contribution in [0, 0.1) is 0 Å². The number of methoxy groups -OCH3 is 3. The first-order valence-corrected chi connectivity index (χ1v) is 10.6. The summed E-state index contributed by atoms with van der Waals surface area (Å²) in [6.45, 7) is 2.12. The van der Waals surface area contributed by atoms with Crippen LogP contribution in [-0.4, -0.2) is 52.5 Å². The first-order valence-electron chi connectivity index (χ1n) is 10.6. The fraction of sp³-hybridized carbons (Fsp3) is 0.240. The van der Waals surface area contributed by atoms with E-state index < -0.39 is 11.8 Å². The van der Waals surface area contributed by atoms with Gasteiger partial charge in [0.15, 0.2) is 11.5 Å². The van der Waals surface area contributed by atoms with Crippen LogP contribution >= 0.6 is 0 Å². The second-order valence-corrected chi connectivity index (χ2v) is 7.02. The molecule has 9 nitrogen and oxygen atoms in total. The number of rotatable bonds is 10. The maximum absolute atomic E-state index is 12.5. The van der Waals surface area contributed by atoms with E-state index in [1.54, 1.807) is 0 Å². The van der Waals surface area contributed by atoms with Crippen LogP contribution in [0.4, 0.5) is 0 Å². The number of ether oxygens (including phenoxy) is 4. The second-order valence-electron chi connectivity index (χ2n) is 7.02. The summed E-state index contributed by atoms with van der Waals surface area (Å²) < 4.78 is 21.5. The Labute approximate surface area is 197 Å². The van der Waals surface area contributed by atoms with Gasteiger partial charge in [-0.3, -0.25) is 9.59 Å². The summed E-state index contributed by atoms with van der Waals surface area (Å²) in [6.07, 6.45) is 1.53. The lowest BCUT2D eigenvalue weighted by molar-refractivity contribution is -0.120. The molecule has 0 unspecified atom stereocenters. The molecule has 2 amide bonds. The van der Waals surface area contributed by atoms with Crippen molar-refractivity contribution in [3.8, 4) is 23.0 Å². The van der Waals surface area contributed by atoms with Crippen molar-refractivity contribution in [1.29, 1.82) is 0 Å². The van der Waals surface area contributed by atoms with Crippen molar-refractivity contribution in [1.82, 2.24) is 10.7 Å². The van der Waals surface area contributed by atoms with Crippen molar-refractivity contribution in [2.24, 2.45) is 5.10 Å². The number of benzene rings is 3. The van der Waals surface area contributed by atoms with Gasteiger partial charge in [-0.25, -0.2) is 5.43 Å². The molecule has 3 aromatic carbocycles. The van der Waals surface area contributed by atoms with Gasteiger partial charge in [0, 0.05) is 11.1 Å². The highest BCUT2D eigenvalue weighted by Crippen LogP contribution is 2.38. The third-order valence-electron chi connectivity index (χ3n) is 4.95. The van der Waals surface area contributed by atoms with Gasteiger partial charge in [-0.1, -0.05) is 30.3 Å². The number of nitrogens with one attached hydrogen (secondary N) is 2. The summed E-state index contributed by atoms with van der Waals surface area (Å²) in [4.78, 5) is 24.8. The lowest BCUT2D eigenvalue weighted by Crippen LogP contribution is -2.35. The monoisotopic (exact) mass is 465 g/mol. The molecule has 0 spiro atoms. The molecular formula is C25H27N3O6. The summed E-state index contributed by atoms with van der Waals surface area (Å²) in [5, 5.41) is 8.57. The minimum Gasteiger partial charge on any atom is -0.493 e. The molecule has 0 saturated heterocycles. The zero-order valence-corrected chi connectivity index (χ0v) is 19.5. The number of hydrogen-bond donors (Lipinski definition) is 2. The number of nitrogens with zero attached hydrogens (tertiary/aromatic N) is 1. The largest absolute Gasteiger partial charge is 0.493 e. The average molecular weight is 466 g/mol. The van der Waals surface area contributed by atoms with Gasteiger partial charge in [0.1, 0.15) is 5.75 Å². The maximum Gasteiger partial charge on any atom is 0.259 e. The van der Waals surface area contributed by atoms with Crippen molar-refractivity contribution < 1.29 is 28.5 Å². The summed E-state index contributed by atoms with van der Waals surface area (Å²) in [5.74, 6) is 0.729. The molecule has 3 rings (SSSR count). The number of hydrazone groups is 1. The Kier molecular flexibility index (Phi) is 8.28. The highest BCUT2D eigenvalue weighted by atomic mass is 16.5. The molecule has 0 fully saturated rings. The van der Waals surface area contributed by atoms with Crippen molar-refractivity contribution in [2.45, 2.75) is 6.92 Å². The van der Waals surface area contributed by atoms with E-state index in [9.17, 15) is 9.59 Å². The van der Waals surface area contributed by atoms with Crippen LogP contribution in [0.5, 0.6) is 23.0 Å². The Hall–Kier alpha value is -4.27. The van der Waals surface area contributed by atoms with Gasteiger partial charge < -0.3 is 24.3 Å². The highest BCUT2D eigenvalue weighted by molar-refractivity contribution is 6.03. The third kappa shape index (κ3) is 5.55. The molecule has 0 aromatic heterocycles. The molecule has 0 aliphatic rings. The van der Waals surface area contributed by atoms with Crippen LogP contribution in [-0.2, 0) is 4.79 Å². The topological polar surface area (TPSA) is 107 Å². The summed E-state index contributed by atoms with van der Waals surface area (Å²) in [5.41, 5.74) is 3.43. The van der Waals surface area contributed by atoms with E-state index in [2.05, 4.69) is 15.8 Å². The lowest BCUT2D eigenvalue weighted by Gasteiger charge is -2.14. The molecule has 0 heterocycles. The quantitative estimate of drug-likeness (QED) is 0.352. The van der Waals surface area contributed by atoms with Crippen molar-refractivity contribution in [2.75, 3.05) is 34.5 Å². The molecule has 3 aromatic rings. The number of hydrogen-bond acceptors (Lipinski definition) is 7. The van der Waals surface area contributed by atoms with Gasteiger partial charge in [-0.05, 0) is 35.9 Å². The number of carbonyl (C=O) groups excluding carboxylic acids is 2. The SMILES string of the molecule is CCOc1ccc2ccccc2c1C=NNC(=O)CNC(=O)c1cc(OC)c(OC)c(OC)c1. The predicted octanol–water partition coefficient (Wildman–Crippen LogP) is 3.14. The van der Waals surface area contributed by atoms with Gasteiger partial charge in [-0.15, -0.1) is 0 Å². The Bertz CT molecular complexity index is 1180. The Balaban J connectivity index is 1.66. The van der Waals surface area contributed by atoms with Crippen LogP contribution < -0.4 is 29.7 Å². The van der Waals surface area contributed by atoms with Gasteiger partial charge in [-0.2, -0.15) is 5.10 Å². The molecule has 178 valence electrons. The Morgan fingerprint density at radius 2 is 1.65 bits per heavy atom. The second kappa shape index (κ2) is 11.6. The third-order valence-corrected chi connectivity index (χ3v) is 4.95. The first kappa shape index (κ1) is 24.4. The summed E-state index contributed by atoms with van der Waals surface area (Å²) in [6, 6.07) is 14.7. The van der Waals surface area contributed by atoms with E-state index in [-0.39, 0.29) is 12.1 Å². The van der Waals surface area contributed by atoms with Crippen LogP contribution in [0.1, 0.15) is 22.8 Å². The molecule has 0 atom stereocenters. The summed E-state index contributed by atoms with van der Waals surface area (Å²) in [7, 11) is 4.38. The predicted molar refractivity (Wildman–Crippen MR) is 129 cm³/mol. The molecule has 0 bridgehead atoms. The molecule has 0 radical (unpaired) electrons. The summed E-state index contributed by atoms with van der Waals surface area (Å²) >= 11 is 0. The fourth-order valence-corrected chi connectivity index (χ4v) is 3.37. The van der Waals surface area contributed by atoms with Gasteiger partial charge in [0.25, 0.3) is 11.8 Å². The van der Waals surface area contributed by atoms with Crippen LogP contribution in [0.25, 0.3) is 10.8 Å². The van der Waals surface area contributed by atoms with Crippen molar-refractivity contribution in [3.05, 3.63) is 59.7 Å². The maximum atomic E-state index is 12.5. The Morgan fingerprint density at radius 3 is 2.29 bits per heavy atom. The van der Waals surface area contributed by atoms with Crippen LogP contribution in [0.2, 0.25) is 0 Å². The van der Waals surface area contributed by atoms with E-state index in [4.69, 9.17) is 18.9 Å². The molecule has 0 aliphatic heterocycles. The smallest absolute Gasteiger partial charge is 0.259 e. The average Bonchev–Trinajstić information content (AvgIpc) is 2.87. The highest BCUT2D eigenvalue weighted by Gasteiger charge is 2.17. The van der Waals surface area contributed by atoms with E-state index >= 15 is 0 Å². The molecule has 2 N–H and O–H groups in total. The van der Waals surface area contributed by atoms with Crippen LogP contribution in [0.15, 0.2) is 53.6 Å². The van der Waals surface area contributed by atoms with E-state index in [0.717, 1.165) is 16.3 Å². The van der Waals surface area contributed by atoms with E-state index in [1.807, 2.05) is 43.3 Å². The lowest BCUT2D eigenvalue weighted by atomic mass is 10.0. The van der Waals surface area contributed by atoms with Crippen LogP contribution in [0.3, 0.4) is 0 Å². The zero-order chi connectivity index (χ0) is 24.5. The van der Waals surface area contributed by atoms with E-state index in [0.29, 0.717) is 29.6 Å². The number of carbonyl (C=O) groups is 2. The fourth-order valence-electron chi connectivity index (χ4n) is 3.37. The molecule has 34 heavy (non-hydrogen) atoms. The molecule has 9 heteroatoms. The van der Waals surface area contributed by atoms with Gasteiger partial charge >= 0.3 is 0 Å².